The van der Waals surface area contributed by atoms with Gasteiger partial charge in [-0.25, -0.2) is 4.79 Å². The predicted octanol–water partition coefficient (Wildman–Crippen LogP) is 4.18. The van der Waals surface area contributed by atoms with Gasteiger partial charge in [0.25, 0.3) is 0 Å². The lowest BCUT2D eigenvalue weighted by Crippen LogP contribution is -2.16. The van der Waals surface area contributed by atoms with Crippen LogP contribution < -0.4 is 9.64 Å². The number of aryl methyl sites for hydroxylation is 1. The molecule has 0 aliphatic carbocycles. The summed E-state index contributed by atoms with van der Waals surface area (Å²) in [6.07, 6.45) is 3.31. The minimum Gasteiger partial charge on any atom is -0.494 e. The summed E-state index contributed by atoms with van der Waals surface area (Å²) >= 11 is 1.61. The molecule has 1 aliphatic rings. The van der Waals surface area contributed by atoms with E-state index in [1.54, 1.807) is 24.8 Å². The van der Waals surface area contributed by atoms with E-state index in [2.05, 4.69) is 17.9 Å². The van der Waals surface area contributed by atoms with Crippen molar-refractivity contribution in [1.82, 2.24) is 0 Å². The van der Waals surface area contributed by atoms with Crippen molar-refractivity contribution in [1.29, 1.82) is 5.26 Å². The van der Waals surface area contributed by atoms with Crippen LogP contribution in [0.15, 0.2) is 39.8 Å². The number of carbonyl (C=O) groups excluding carboxylic acids is 1. The van der Waals surface area contributed by atoms with Crippen molar-refractivity contribution in [3.63, 3.8) is 0 Å². The fraction of sp³-hybridized carbons (Fsp3) is 0.368. The molecule has 5 nitrogen and oxygen atoms in total. The van der Waals surface area contributed by atoms with Gasteiger partial charge in [-0.05, 0) is 51.5 Å². The predicted molar refractivity (Wildman–Crippen MR) is 99.6 cm³/mol. The Morgan fingerprint density at radius 2 is 2.08 bits per heavy atom. The van der Waals surface area contributed by atoms with E-state index >= 15 is 0 Å². The van der Waals surface area contributed by atoms with Gasteiger partial charge in [0, 0.05) is 17.5 Å². The molecular formula is C19H22N2O3S. The number of hydrogen-bond acceptors (Lipinski definition) is 6. The number of anilines is 1. The molecule has 1 aromatic rings. The maximum absolute atomic E-state index is 11.7. The lowest BCUT2D eigenvalue weighted by Gasteiger charge is -2.19. The molecule has 0 aromatic heterocycles. The van der Waals surface area contributed by atoms with Crippen LogP contribution in [-0.4, -0.2) is 25.7 Å². The topological polar surface area (TPSA) is 62.6 Å². The second-order valence-corrected chi connectivity index (χ2v) is 6.34. The van der Waals surface area contributed by atoms with E-state index in [0.29, 0.717) is 6.61 Å². The van der Waals surface area contributed by atoms with Crippen LogP contribution >= 0.6 is 11.8 Å². The van der Waals surface area contributed by atoms with E-state index < -0.39 is 5.97 Å². The van der Waals surface area contributed by atoms with Gasteiger partial charge in [0.15, 0.2) is 0 Å². The lowest BCUT2D eigenvalue weighted by molar-refractivity contribution is -0.138. The molecule has 0 radical (unpaired) electrons. The Hall–Kier alpha value is -2.39. The first-order valence-electron chi connectivity index (χ1n) is 8.27. The second kappa shape index (κ2) is 8.63. The Kier molecular flexibility index (Phi) is 6.54. The summed E-state index contributed by atoms with van der Waals surface area (Å²) < 4.78 is 10.6. The summed E-state index contributed by atoms with van der Waals surface area (Å²) in [4.78, 5) is 15.0. The van der Waals surface area contributed by atoms with Gasteiger partial charge in [0.1, 0.15) is 17.4 Å². The summed E-state index contributed by atoms with van der Waals surface area (Å²) in [5, 5.41) is 10.1. The molecule has 1 aliphatic heterocycles. The number of esters is 1. The molecule has 0 unspecified atom stereocenters. The average molecular weight is 358 g/mol. The van der Waals surface area contributed by atoms with Crippen molar-refractivity contribution in [2.24, 2.45) is 0 Å². The Morgan fingerprint density at radius 1 is 1.32 bits per heavy atom. The number of benzene rings is 1. The summed E-state index contributed by atoms with van der Waals surface area (Å²) in [5.41, 5.74) is 2.16. The molecule has 0 fully saturated rings. The van der Waals surface area contributed by atoms with Crippen LogP contribution in [0.2, 0.25) is 0 Å². The fourth-order valence-corrected chi connectivity index (χ4v) is 3.71. The molecule has 25 heavy (non-hydrogen) atoms. The van der Waals surface area contributed by atoms with Crippen LogP contribution in [0.1, 0.15) is 26.3 Å². The molecule has 0 N–H and O–H groups in total. The smallest absolute Gasteiger partial charge is 0.348 e. The van der Waals surface area contributed by atoms with Gasteiger partial charge < -0.3 is 14.4 Å². The first kappa shape index (κ1) is 18.9. The molecule has 2 rings (SSSR count). The quantitative estimate of drug-likeness (QED) is 0.432. The first-order chi connectivity index (χ1) is 12.0. The van der Waals surface area contributed by atoms with Crippen molar-refractivity contribution in [2.75, 3.05) is 24.7 Å². The van der Waals surface area contributed by atoms with Gasteiger partial charge >= 0.3 is 5.97 Å². The van der Waals surface area contributed by atoms with Gasteiger partial charge in [0.05, 0.1) is 23.9 Å². The number of ether oxygens (including phenoxy) is 2. The molecule has 0 spiro atoms. The number of nitrogens with zero attached hydrogens (tertiary/aromatic N) is 2. The van der Waals surface area contributed by atoms with Crippen LogP contribution in [0.25, 0.3) is 0 Å². The highest BCUT2D eigenvalue weighted by Gasteiger charge is 2.25. The molecule has 0 saturated carbocycles. The third kappa shape index (κ3) is 4.18. The average Bonchev–Trinajstić information content (AvgIpc) is 2.92. The highest BCUT2D eigenvalue weighted by molar-refractivity contribution is 8.03. The van der Waals surface area contributed by atoms with E-state index in [1.807, 2.05) is 26.0 Å². The Bertz CT molecular complexity index is 763. The largest absolute Gasteiger partial charge is 0.494 e. The maximum Gasteiger partial charge on any atom is 0.348 e. The summed E-state index contributed by atoms with van der Waals surface area (Å²) in [6, 6.07) is 6.05. The van der Waals surface area contributed by atoms with Gasteiger partial charge in [-0.1, -0.05) is 11.8 Å². The lowest BCUT2D eigenvalue weighted by atomic mass is 10.2. The number of thioether (sulfide) groups is 1. The number of allylic oxidation sites excluding steroid dienone is 2. The zero-order valence-corrected chi connectivity index (χ0v) is 15.8. The third-order valence-electron chi connectivity index (χ3n) is 3.65. The summed E-state index contributed by atoms with van der Waals surface area (Å²) in [5.74, 6) is 0.279. The normalized spacial score (nSPS) is 15.1. The third-order valence-corrected chi connectivity index (χ3v) is 4.76. The number of nitriles is 1. The van der Waals surface area contributed by atoms with E-state index in [-0.39, 0.29) is 12.2 Å². The van der Waals surface area contributed by atoms with Crippen LogP contribution in [0.5, 0.6) is 5.75 Å². The van der Waals surface area contributed by atoms with Gasteiger partial charge in [-0.2, -0.15) is 5.26 Å². The number of rotatable bonds is 6. The minimum atomic E-state index is -0.597. The van der Waals surface area contributed by atoms with E-state index in [9.17, 15) is 4.79 Å². The summed E-state index contributed by atoms with van der Waals surface area (Å²) in [6.45, 7) is 9.41. The van der Waals surface area contributed by atoms with Crippen molar-refractivity contribution in [3.05, 3.63) is 40.5 Å². The molecule has 0 atom stereocenters. The van der Waals surface area contributed by atoms with Crippen LogP contribution in [0.4, 0.5) is 5.69 Å². The maximum atomic E-state index is 11.7. The zero-order valence-electron chi connectivity index (χ0n) is 15.0. The summed E-state index contributed by atoms with van der Waals surface area (Å²) in [7, 11) is 0. The van der Waals surface area contributed by atoms with E-state index in [1.165, 1.54) is 6.08 Å². The molecule has 0 bridgehead atoms. The molecule has 1 heterocycles. The Morgan fingerprint density at radius 3 is 2.68 bits per heavy atom. The standard InChI is InChI=1S/C19H22N2O3S/c1-5-21-15-11-16(23-6-2)13(4)10-17(15)25-18(21)9-8-14(12-20)19(22)24-7-3/h8-11H,5-7H2,1-4H3/b14-8-,18-9-. The van der Waals surface area contributed by atoms with E-state index in [4.69, 9.17) is 14.7 Å². The molecule has 0 saturated heterocycles. The number of fused-ring (bicyclic) bond motifs is 1. The molecule has 6 heteroatoms. The van der Waals surface area contributed by atoms with Crippen LogP contribution in [-0.2, 0) is 9.53 Å². The van der Waals surface area contributed by atoms with Gasteiger partial charge in [0.2, 0.25) is 0 Å². The van der Waals surface area contributed by atoms with Crippen molar-refractivity contribution in [2.45, 2.75) is 32.6 Å². The van der Waals surface area contributed by atoms with Crippen LogP contribution in [0.3, 0.4) is 0 Å². The Labute approximate surface area is 152 Å². The van der Waals surface area contributed by atoms with Crippen molar-refractivity contribution in [3.8, 4) is 11.8 Å². The Balaban J connectivity index is 2.35. The van der Waals surface area contributed by atoms with Crippen molar-refractivity contribution < 1.29 is 14.3 Å². The minimum absolute atomic E-state index is 0.00635. The molecule has 132 valence electrons. The molecule has 1 aromatic carbocycles. The van der Waals surface area contributed by atoms with Gasteiger partial charge in [-0.15, -0.1) is 0 Å². The zero-order chi connectivity index (χ0) is 18.4. The second-order valence-electron chi connectivity index (χ2n) is 5.28. The SMILES string of the molecule is CCOC(=O)/C(C#N)=C\C=C1/Sc2cc(C)c(OCC)cc2N1CC. The molecule has 0 amide bonds. The highest BCUT2D eigenvalue weighted by atomic mass is 32.2. The van der Waals surface area contributed by atoms with Gasteiger partial charge in [-0.3, -0.25) is 0 Å². The number of hydrogen-bond donors (Lipinski definition) is 0. The molecular weight excluding hydrogens is 336 g/mol. The van der Waals surface area contributed by atoms with Crippen molar-refractivity contribution >= 4 is 23.4 Å². The van der Waals surface area contributed by atoms with E-state index in [0.717, 1.165) is 33.5 Å². The fourth-order valence-electron chi connectivity index (χ4n) is 2.51. The first-order valence-corrected chi connectivity index (χ1v) is 9.09. The highest BCUT2D eigenvalue weighted by Crippen LogP contribution is 2.48. The number of carbonyl (C=O) groups is 1. The van der Waals surface area contributed by atoms with Crippen LogP contribution in [0, 0.1) is 18.3 Å². The monoisotopic (exact) mass is 358 g/mol.